The molecule has 2 aromatic rings. The van der Waals surface area contributed by atoms with Crippen LogP contribution in [0.15, 0.2) is 53.4 Å². The Labute approximate surface area is 226 Å². The summed E-state index contributed by atoms with van der Waals surface area (Å²) in [6.45, 7) is 0.192. The molecule has 1 saturated heterocycles. The van der Waals surface area contributed by atoms with Crippen molar-refractivity contribution in [1.82, 2.24) is 14.5 Å². The zero-order chi connectivity index (χ0) is 26.6. The van der Waals surface area contributed by atoms with Gasteiger partial charge < -0.3 is 15.8 Å². The zero-order valence-electron chi connectivity index (χ0n) is 20.2. The summed E-state index contributed by atoms with van der Waals surface area (Å²) in [6.07, 6.45) is 0.988. The Hall–Kier alpha value is -2.37. The van der Waals surface area contributed by atoms with Crippen molar-refractivity contribution < 1.29 is 22.7 Å². The van der Waals surface area contributed by atoms with Crippen LogP contribution in [0.3, 0.4) is 0 Å². The molecule has 1 saturated carbocycles. The quantitative estimate of drug-likeness (QED) is 0.547. The zero-order valence-corrected chi connectivity index (χ0v) is 22.5. The Morgan fingerprint density at radius 1 is 1.00 bits per heavy atom. The molecule has 0 aromatic heterocycles. The molecule has 0 radical (unpaired) electrons. The van der Waals surface area contributed by atoms with Gasteiger partial charge in [0.1, 0.15) is 6.61 Å². The Morgan fingerprint density at radius 3 is 2.38 bits per heavy atom. The van der Waals surface area contributed by atoms with Gasteiger partial charge in [-0.2, -0.15) is 4.31 Å². The molecule has 37 heavy (non-hydrogen) atoms. The van der Waals surface area contributed by atoms with E-state index in [4.69, 9.17) is 33.7 Å². The molecule has 1 unspecified atom stereocenters. The van der Waals surface area contributed by atoms with Gasteiger partial charge in [-0.05, 0) is 55.9 Å². The van der Waals surface area contributed by atoms with Crippen LogP contribution in [-0.2, 0) is 26.2 Å². The minimum absolute atomic E-state index is 0.00936. The van der Waals surface area contributed by atoms with Gasteiger partial charge in [-0.3, -0.25) is 9.69 Å². The number of amides is 2. The largest absolute Gasteiger partial charge is 0.444 e. The number of carbonyl (C=O) groups is 2. The smallest absolute Gasteiger partial charge is 0.411 e. The molecule has 200 valence electrons. The molecule has 1 aliphatic heterocycles. The molecule has 0 bridgehead atoms. The first kappa shape index (κ1) is 27.7. The number of halogens is 2. The van der Waals surface area contributed by atoms with Crippen LogP contribution in [0.2, 0.25) is 10.0 Å². The lowest BCUT2D eigenvalue weighted by Crippen LogP contribution is -2.64. The van der Waals surface area contributed by atoms with Crippen molar-refractivity contribution >= 4 is 45.2 Å². The van der Waals surface area contributed by atoms with E-state index in [1.807, 2.05) is 30.3 Å². The molecule has 12 heteroatoms. The van der Waals surface area contributed by atoms with Crippen LogP contribution in [0, 0.1) is 0 Å². The maximum atomic E-state index is 13.7. The van der Waals surface area contributed by atoms with E-state index in [0.717, 1.165) is 22.7 Å². The SMILES string of the molecule is NC1CCC(NC(=O)C2N(C(=O)OCc3ccccc3)CCCN2S(=O)(=O)c2ccc(Cl)c(Cl)c2)CC1. The highest BCUT2D eigenvalue weighted by Crippen LogP contribution is 2.30. The van der Waals surface area contributed by atoms with Crippen LogP contribution < -0.4 is 11.1 Å². The van der Waals surface area contributed by atoms with E-state index in [9.17, 15) is 18.0 Å². The monoisotopic (exact) mass is 568 g/mol. The van der Waals surface area contributed by atoms with Crippen LogP contribution >= 0.6 is 23.2 Å². The summed E-state index contributed by atoms with van der Waals surface area (Å²) in [7, 11) is -4.22. The fourth-order valence-electron chi connectivity index (χ4n) is 4.63. The average Bonchev–Trinajstić information content (AvgIpc) is 2.90. The molecule has 2 aromatic carbocycles. The van der Waals surface area contributed by atoms with Crippen molar-refractivity contribution in [3.05, 3.63) is 64.1 Å². The highest BCUT2D eigenvalue weighted by atomic mass is 35.5. The van der Waals surface area contributed by atoms with Crippen LogP contribution in [-0.4, -0.2) is 61.0 Å². The van der Waals surface area contributed by atoms with Crippen LogP contribution in [0.5, 0.6) is 0 Å². The number of nitrogens with two attached hydrogens (primary N) is 1. The summed E-state index contributed by atoms with van der Waals surface area (Å²) >= 11 is 12.1. The summed E-state index contributed by atoms with van der Waals surface area (Å²) in [5, 5.41) is 3.22. The van der Waals surface area contributed by atoms with Crippen molar-refractivity contribution in [3.8, 4) is 0 Å². The third-order valence-corrected chi connectivity index (χ3v) is 9.22. The molecule has 4 rings (SSSR count). The average molecular weight is 570 g/mol. The lowest BCUT2D eigenvalue weighted by Gasteiger charge is -2.41. The summed E-state index contributed by atoms with van der Waals surface area (Å²) in [4.78, 5) is 27.8. The van der Waals surface area contributed by atoms with Crippen LogP contribution in [0.1, 0.15) is 37.7 Å². The van der Waals surface area contributed by atoms with Crippen molar-refractivity contribution in [1.29, 1.82) is 0 Å². The number of hydrogen-bond acceptors (Lipinski definition) is 6. The number of sulfonamides is 1. The van der Waals surface area contributed by atoms with E-state index in [1.54, 1.807) is 0 Å². The first-order valence-corrected chi connectivity index (χ1v) is 14.4. The summed E-state index contributed by atoms with van der Waals surface area (Å²) in [5.74, 6) is -0.583. The third-order valence-electron chi connectivity index (χ3n) is 6.64. The van der Waals surface area contributed by atoms with Crippen molar-refractivity contribution in [2.24, 2.45) is 5.73 Å². The van der Waals surface area contributed by atoms with E-state index in [1.165, 1.54) is 23.1 Å². The maximum Gasteiger partial charge on any atom is 0.411 e. The Kier molecular flexibility index (Phi) is 8.97. The third kappa shape index (κ3) is 6.56. The second-order valence-corrected chi connectivity index (χ2v) is 12.0. The molecule has 0 spiro atoms. The predicted molar refractivity (Wildman–Crippen MR) is 140 cm³/mol. The predicted octanol–water partition coefficient (Wildman–Crippen LogP) is 3.74. The minimum Gasteiger partial charge on any atom is -0.444 e. The fourth-order valence-corrected chi connectivity index (χ4v) is 6.61. The maximum absolute atomic E-state index is 13.7. The lowest BCUT2D eigenvalue weighted by atomic mass is 9.92. The van der Waals surface area contributed by atoms with E-state index in [2.05, 4.69) is 5.32 Å². The molecule has 1 aliphatic carbocycles. The van der Waals surface area contributed by atoms with Gasteiger partial charge in [0.2, 0.25) is 10.0 Å². The molecule has 2 amide bonds. The van der Waals surface area contributed by atoms with Crippen molar-refractivity contribution in [3.63, 3.8) is 0 Å². The van der Waals surface area contributed by atoms with E-state index >= 15 is 0 Å². The standard InChI is InChI=1S/C25H30Cl2N4O5S/c26-21-12-11-20(15-22(21)27)37(34,35)31-14-4-13-30(25(33)36-16-17-5-2-1-3-6-17)24(31)23(32)29-19-9-7-18(28)8-10-19/h1-3,5-6,11-12,15,18-19,24H,4,7-10,13-14,16,28H2,(H,29,32). The van der Waals surface area contributed by atoms with Gasteiger partial charge >= 0.3 is 6.09 Å². The van der Waals surface area contributed by atoms with Gasteiger partial charge in [-0.15, -0.1) is 0 Å². The topological polar surface area (TPSA) is 122 Å². The molecule has 3 N–H and O–H groups in total. The number of nitrogens with zero attached hydrogens (tertiary/aromatic N) is 2. The summed E-state index contributed by atoms with van der Waals surface area (Å²) < 4.78 is 33.9. The van der Waals surface area contributed by atoms with Crippen molar-refractivity contribution in [2.75, 3.05) is 13.1 Å². The molecule has 2 aliphatic rings. The van der Waals surface area contributed by atoms with Gasteiger partial charge in [0.25, 0.3) is 5.91 Å². The van der Waals surface area contributed by atoms with Gasteiger partial charge in [-0.25, -0.2) is 13.2 Å². The number of benzene rings is 2. The van der Waals surface area contributed by atoms with Crippen molar-refractivity contribution in [2.45, 2.75) is 61.9 Å². The van der Waals surface area contributed by atoms with Crippen LogP contribution in [0.4, 0.5) is 4.79 Å². The molecule has 1 heterocycles. The first-order valence-electron chi connectivity index (χ1n) is 12.2. The van der Waals surface area contributed by atoms with Gasteiger partial charge in [0.05, 0.1) is 14.9 Å². The Bertz CT molecular complexity index is 1220. The van der Waals surface area contributed by atoms with Gasteiger partial charge in [0, 0.05) is 25.2 Å². The molecular weight excluding hydrogens is 539 g/mol. The summed E-state index contributed by atoms with van der Waals surface area (Å²) in [5.41, 5.74) is 6.76. The fraction of sp³-hybridized carbons (Fsp3) is 0.440. The molecule has 2 fully saturated rings. The molecule has 1 atom stereocenters. The number of carbonyl (C=O) groups excluding carboxylic acids is 2. The lowest BCUT2D eigenvalue weighted by molar-refractivity contribution is -0.132. The second-order valence-electron chi connectivity index (χ2n) is 9.27. The molecular formula is C25H30Cl2N4O5S. The van der Waals surface area contributed by atoms with E-state index in [0.29, 0.717) is 19.3 Å². The number of nitrogens with one attached hydrogen (secondary N) is 1. The highest BCUT2D eigenvalue weighted by Gasteiger charge is 2.45. The number of rotatable bonds is 6. The molecule has 9 nitrogen and oxygen atoms in total. The van der Waals surface area contributed by atoms with Gasteiger partial charge in [0.15, 0.2) is 6.17 Å². The Morgan fingerprint density at radius 2 is 1.70 bits per heavy atom. The number of hydrogen-bond donors (Lipinski definition) is 2. The highest BCUT2D eigenvalue weighted by molar-refractivity contribution is 7.89. The van der Waals surface area contributed by atoms with E-state index in [-0.39, 0.29) is 46.7 Å². The van der Waals surface area contributed by atoms with Crippen LogP contribution in [0.25, 0.3) is 0 Å². The number of ether oxygens (including phenoxy) is 1. The normalized spacial score (nSPS) is 22.9. The minimum atomic E-state index is -4.22. The Balaban J connectivity index is 1.61. The second kappa shape index (κ2) is 12.0. The first-order chi connectivity index (χ1) is 17.7. The van der Waals surface area contributed by atoms with E-state index < -0.39 is 28.2 Å². The van der Waals surface area contributed by atoms with Gasteiger partial charge in [-0.1, -0.05) is 53.5 Å². The summed E-state index contributed by atoms with van der Waals surface area (Å²) in [6, 6.07) is 13.0.